The molecule has 0 aliphatic heterocycles. The summed E-state index contributed by atoms with van der Waals surface area (Å²) in [6.07, 6.45) is 1.70. The Bertz CT molecular complexity index is 392. The summed E-state index contributed by atoms with van der Waals surface area (Å²) < 4.78 is 0. The second-order valence-corrected chi connectivity index (χ2v) is 2.62. The van der Waals surface area contributed by atoms with Crippen molar-refractivity contribution in [3.05, 3.63) is 23.9 Å². The summed E-state index contributed by atoms with van der Waals surface area (Å²) >= 11 is 0. The van der Waals surface area contributed by atoms with E-state index < -0.39 is 0 Å². The summed E-state index contributed by atoms with van der Waals surface area (Å²) in [4.78, 5) is 0. The minimum atomic E-state index is 0.262. The Balaban J connectivity index is 2.91. The van der Waals surface area contributed by atoms with Crippen molar-refractivity contribution in [2.45, 2.75) is 6.92 Å². The fourth-order valence-electron chi connectivity index (χ4n) is 1.18. The maximum absolute atomic E-state index is 9.37. The average molecular weight is 148 g/mol. The zero-order valence-electron chi connectivity index (χ0n) is 6.13. The van der Waals surface area contributed by atoms with Gasteiger partial charge in [0.1, 0.15) is 11.3 Å². The second-order valence-electron chi connectivity index (χ2n) is 2.62. The van der Waals surface area contributed by atoms with Gasteiger partial charge in [-0.2, -0.15) is 5.10 Å². The topological polar surface area (TPSA) is 48.9 Å². The maximum atomic E-state index is 9.37. The molecule has 0 saturated heterocycles. The number of phenolic OH excluding ortho intramolecular Hbond substituents is 1. The Morgan fingerprint density at radius 3 is 3.09 bits per heavy atom. The van der Waals surface area contributed by atoms with Crippen LogP contribution in [-0.4, -0.2) is 15.3 Å². The summed E-state index contributed by atoms with van der Waals surface area (Å²) in [5, 5.41) is 16.8. The third kappa shape index (κ3) is 0.852. The highest BCUT2D eigenvalue weighted by atomic mass is 16.3. The lowest BCUT2D eigenvalue weighted by Crippen LogP contribution is -1.74. The normalized spacial score (nSPS) is 10.6. The molecule has 0 radical (unpaired) electrons. The highest BCUT2D eigenvalue weighted by Gasteiger charge is 2.00. The summed E-state index contributed by atoms with van der Waals surface area (Å²) in [5.41, 5.74) is 1.74. The van der Waals surface area contributed by atoms with Gasteiger partial charge in [-0.25, -0.2) is 0 Å². The van der Waals surface area contributed by atoms with Crippen molar-refractivity contribution in [2.75, 3.05) is 0 Å². The number of hydrogen-bond acceptors (Lipinski definition) is 2. The minimum Gasteiger partial charge on any atom is -0.506 e. The number of nitrogens with one attached hydrogen (secondary N) is 1. The highest BCUT2D eigenvalue weighted by Crippen LogP contribution is 2.23. The molecule has 3 nitrogen and oxygen atoms in total. The lowest BCUT2D eigenvalue weighted by Gasteiger charge is -1.95. The minimum absolute atomic E-state index is 0.262. The number of nitrogens with zero attached hydrogens (tertiary/aromatic N) is 1. The molecule has 2 rings (SSSR count). The van der Waals surface area contributed by atoms with E-state index in [2.05, 4.69) is 10.2 Å². The molecule has 1 aromatic carbocycles. The lowest BCUT2D eigenvalue weighted by atomic mass is 10.2. The van der Waals surface area contributed by atoms with Crippen LogP contribution in [0.15, 0.2) is 18.3 Å². The predicted molar refractivity (Wildman–Crippen MR) is 42.5 cm³/mol. The lowest BCUT2D eigenvalue weighted by molar-refractivity contribution is 0.480. The maximum Gasteiger partial charge on any atom is 0.141 e. The van der Waals surface area contributed by atoms with Crippen LogP contribution in [0.5, 0.6) is 5.75 Å². The quantitative estimate of drug-likeness (QED) is 0.595. The van der Waals surface area contributed by atoms with Gasteiger partial charge in [0.2, 0.25) is 0 Å². The number of hydrogen-bond donors (Lipinski definition) is 2. The Hall–Kier alpha value is -1.51. The van der Waals surface area contributed by atoms with Crippen molar-refractivity contribution >= 4 is 10.9 Å². The van der Waals surface area contributed by atoms with Crippen LogP contribution in [-0.2, 0) is 0 Å². The molecule has 0 atom stereocenters. The van der Waals surface area contributed by atoms with E-state index in [0.717, 1.165) is 10.9 Å². The van der Waals surface area contributed by atoms with Gasteiger partial charge in [-0.15, -0.1) is 0 Å². The van der Waals surface area contributed by atoms with Crippen LogP contribution in [0, 0.1) is 6.92 Å². The molecule has 1 heterocycles. The molecule has 11 heavy (non-hydrogen) atoms. The van der Waals surface area contributed by atoms with Gasteiger partial charge in [-0.05, 0) is 24.6 Å². The fourth-order valence-corrected chi connectivity index (χ4v) is 1.18. The van der Waals surface area contributed by atoms with Crippen LogP contribution in [0.3, 0.4) is 0 Å². The summed E-state index contributed by atoms with van der Waals surface area (Å²) in [7, 11) is 0. The van der Waals surface area contributed by atoms with Crippen molar-refractivity contribution in [1.82, 2.24) is 10.2 Å². The summed E-state index contributed by atoms with van der Waals surface area (Å²) in [5.74, 6) is 0.262. The Kier molecular flexibility index (Phi) is 1.12. The number of H-pyrrole nitrogens is 1. The van der Waals surface area contributed by atoms with Crippen LogP contribution in [0.25, 0.3) is 10.9 Å². The van der Waals surface area contributed by atoms with E-state index in [-0.39, 0.29) is 5.75 Å². The molecule has 0 spiro atoms. The number of aromatic nitrogens is 2. The molecule has 56 valence electrons. The van der Waals surface area contributed by atoms with Crippen molar-refractivity contribution in [2.24, 2.45) is 0 Å². The fraction of sp³-hybridized carbons (Fsp3) is 0.125. The monoisotopic (exact) mass is 148 g/mol. The van der Waals surface area contributed by atoms with Gasteiger partial charge in [-0.1, -0.05) is 0 Å². The molecule has 0 aliphatic rings. The van der Waals surface area contributed by atoms with Gasteiger partial charge in [0.15, 0.2) is 0 Å². The van der Waals surface area contributed by atoms with Gasteiger partial charge in [0.05, 0.1) is 6.20 Å². The van der Waals surface area contributed by atoms with Gasteiger partial charge in [0, 0.05) is 5.39 Å². The van der Waals surface area contributed by atoms with Gasteiger partial charge in [-0.3, -0.25) is 5.10 Å². The first-order chi connectivity index (χ1) is 5.27. The largest absolute Gasteiger partial charge is 0.506 e. The van der Waals surface area contributed by atoms with E-state index in [1.165, 1.54) is 0 Å². The Morgan fingerprint density at radius 1 is 1.45 bits per heavy atom. The smallest absolute Gasteiger partial charge is 0.141 e. The number of phenols is 1. The molecular weight excluding hydrogens is 140 g/mol. The molecule has 3 heteroatoms. The highest BCUT2D eigenvalue weighted by molar-refractivity contribution is 5.84. The molecular formula is C8H8N2O. The van der Waals surface area contributed by atoms with E-state index in [4.69, 9.17) is 0 Å². The zero-order valence-corrected chi connectivity index (χ0v) is 6.13. The number of aromatic amines is 1. The molecule has 0 bridgehead atoms. The van der Waals surface area contributed by atoms with Gasteiger partial charge >= 0.3 is 0 Å². The molecule has 2 aromatic rings. The molecule has 0 amide bonds. The number of fused-ring (bicyclic) bond motifs is 1. The van der Waals surface area contributed by atoms with Crippen molar-refractivity contribution < 1.29 is 5.11 Å². The van der Waals surface area contributed by atoms with Crippen molar-refractivity contribution in [3.8, 4) is 5.75 Å². The molecule has 1 aromatic heterocycles. The number of aromatic hydroxyl groups is 1. The standard InChI is InChI=1S/C8H8N2O/c1-5-2-6-4-9-10-8(6)7(11)3-5/h2-4,11H,1H3,(H,9,10). The summed E-state index contributed by atoms with van der Waals surface area (Å²) in [6, 6.07) is 3.68. The van der Waals surface area contributed by atoms with E-state index in [0.29, 0.717) is 5.52 Å². The number of benzene rings is 1. The third-order valence-electron chi connectivity index (χ3n) is 1.67. The molecule has 0 fully saturated rings. The molecule has 2 N–H and O–H groups in total. The zero-order chi connectivity index (χ0) is 7.84. The van der Waals surface area contributed by atoms with Gasteiger partial charge in [0.25, 0.3) is 0 Å². The second kappa shape index (κ2) is 1.99. The predicted octanol–water partition coefficient (Wildman–Crippen LogP) is 1.58. The van der Waals surface area contributed by atoms with E-state index in [1.54, 1.807) is 12.3 Å². The number of aryl methyl sites for hydroxylation is 1. The van der Waals surface area contributed by atoms with Crippen LogP contribution >= 0.6 is 0 Å². The van der Waals surface area contributed by atoms with Crippen molar-refractivity contribution in [1.29, 1.82) is 0 Å². The van der Waals surface area contributed by atoms with Crippen LogP contribution in [0.2, 0.25) is 0 Å². The Morgan fingerprint density at radius 2 is 2.27 bits per heavy atom. The first kappa shape index (κ1) is 6.22. The molecule has 0 saturated carbocycles. The first-order valence-electron chi connectivity index (χ1n) is 3.40. The van der Waals surface area contributed by atoms with E-state index in [9.17, 15) is 5.11 Å². The molecule has 0 unspecified atom stereocenters. The first-order valence-corrected chi connectivity index (χ1v) is 3.40. The average Bonchev–Trinajstić information content (AvgIpc) is 2.34. The molecule has 0 aliphatic carbocycles. The van der Waals surface area contributed by atoms with Crippen LogP contribution in [0.1, 0.15) is 5.56 Å². The van der Waals surface area contributed by atoms with Crippen molar-refractivity contribution in [3.63, 3.8) is 0 Å². The van der Waals surface area contributed by atoms with Crippen LogP contribution < -0.4 is 0 Å². The van der Waals surface area contributed by atoms with Gasteiger partial charge < -0.3 is 5.11 Å². The summed E-state index contributed by atoms with van der Waals surface area (Å²) in [6.45, 7) is 1.94. The van der Waals surface area contributed by atoms with E-state index >= 15 is 0 Å². The number of rotatable bonds is 0. The third-order valence-corrected chi connectivity index (χ3v) is 1.67. The Labute approximate surface area is 63.7 Å². The SMILES string of the molecule is Cc1cc(O)c2[nH]ncc2c1. The van der Waals surface area contributed by atoms with E-state index in [1.807, 2.05) is 13.0 Å². The van der Waals surface area contributed by atoms with Crippen LogP contribution in [0.4, 0.5) is 0 Å².